The van der Waals surface area contributed by atoms with Crippen LogP contribution in [-0.2, 0) is 4.74 Å². The van der Waals surface area contributed by atoms with E-state index in [9.17, 15) is 0 Å². The number of hydrogen-bond donors (Lipinski definition) is 0. The van der Waals surface area contributed by atoms with Crippen molar-refractivity contribution in [2.24, 2.45) is 17.8 Å². The quantitative estimate of drug-likeness (QED) is 0.523. The van der Waals surface area contributed by atoms with E-state index in [1.54, 1.807) is 7.11 Å². The molecule has 1 aromatic carbocycles. The van der Waals surface area contributed by atoms with Crippen molar-refractivity contribution in [1.29, 1.82) is 0 Å². The Morgan fingerprint density at radius 2 is 1.50 bits per heavy atom. The van der Waals surface area contributed by atoms with Crippen LogP contribution in [0, 0.1) is 17.8 Å². The molecule has 2 aliphatic carbocycles. The Labute approximate surface area is 152 Å². The van der Waals surface area contributed by atoms with Crippen LogP contribution in [0.2, 0.25) is 5.02 Å². The largest absolute Gasteiger partial charge is 0.505 e. The number of benzene rings is 1. The van der Waals surface area contributed by atoms with Crippen LogP contribution in [0.4, 0.5) is 0 Å². The van der Waals surface area contributed by atoms with Crippen LogP contribution >= 0.6 is 11.6 Å². The molecule has 0 radical (unpaired) electrons. The molecule has 1 nitrogen and oxygen atoms in total. The lowest BCUT2D eigenvalue weighted by atomic mass is 9.68. The number of methoxy groups -OCH3 is 1. The molecule has 0 atom stereocenters. The van der Waals surface area contributed by atoms with Crippen LogP contribution in [0.3, 0.4) is 0 Å². The standard InChI is InChI=1S/C22H31ClO/c1-24-16-2-3-17-4-6-18(7-5-17)19-8-10-20(11-9-19)21-12-14-22(23)15-13-21/h2,12-20H,3-11H2,1H3. The minimum absolute atomic E-state index is 0.758. The topological polar surface area (TPSA) is 9.23 Å². The summed E-state index contributed by atoms with van der Waals surface area (Å²) in [5, 5.41) is 0.851. The number of halogens is 1. The zero-order valence-electron chi connectivity index (χ0n) is 14.9. The molecule has 0 bridgehead atoms. The maximum Gasteiger partial charge on any atom is 0.0784 e. The lowest BCUT2D eigenvalue weighted by Gasteiger charge is -2.38. The first-order valence-corrected chi connectivity index (χ1v) is 10.1. The Hall–Kier alpha value is -0.950. The molecule has 132 valence electrons. The van der Waals surface area contributed by atoms with E-state index in [0.29, 0.717) is 0 Å². The molecule has 0 aromatic heterocycles. The Morgan fingerprint density at radius 1 is 0.917 bits per heavy atom. The van der Waals surface area contributed by atoms with Crippen LogP contribution in [0.15, 0.2) is 36.6 Å². The van der Waals surface area contributed by atoms with Gasteiger partial charge in [-0.1, -0.05) is 23.7 Å². The summed E-state index contributed by atoms with van der Waals surface area (Å²) < 4.78 is 5.01. The maximum absolute atomic E-state index is 6.02. The summed E-state index contributed by atoms with van der Waals surface area (Å²) in [6.45, 7) is 0. The normalized spacial score (nSPS) is 31.2. The molecular weight excluding hydrogens is 316 g/mol. The maximum atomic E-state index is 6.02. The lowest BCUT2D eigenvalue weighted by molar-refractivity contribution is 0.160. The predicted molar refractivity (Wildman–Crippen MR) is 102 cm³/mol. The first-order valence-electron chi connectivity index (χ1n) is 9.69. The van der Waals surface area contributed by atoms with Gasteiger partial charge < -0.3 is 4.74 Å². The molecule has 2 saturated carbocycles. The summed E-state index contributed by atoms with van der Waals surface area (Å²) in [5.41, 5.74) is 1.49. The van der Waals surface area contributed by atoms with Crippen molar-refractivity contribution < 1.29 is 4.74 Å². The van der Waals surface area contributed by atoms with E-state index in [0.717, 1.165) is 28.7 Å². The fraction of sp³-hybridized carbons (Fsp3) is 0.636. The Bertz CT molecular complexity index is 505. The zero-order valence-corrected chi connectivity index (χ0v) is 15.7. The molecule has 0 N–H and O–H groups in total. The van der Waals surface area contributed by atoms with Crippen LogP contribution in [0.25, 0.3) is 0 Å². The van der Waals surface area contributed by atoms with Gasteiger partial charge in [0.1, 0.15) is 0 Å². The fourth-order valence-corrected chi connectivity index (χ4v) is 5.02. The second kappa shape index (κ2) is 8.94. The molecule has 2 fully saturated rings. The predicted octanol–water partition coefficient (Wildman–Crippen LogP) is 6.97. The number of ether oxygens (including phenoxy) is 1. The Kier molecular flexibility index (Phi) is 6.66. The minimum Gasteiger partial charge on any atom is -0.505 e. The van der Waals surface area contributed by atoms with E-state index in [-0.39, 0.29) is 0 Å². The minimum atomic E-state index is 0.758. The van der Waals surface area contributed by atoms with Gasteiger partial charge in [-0.25, -0.2) is 0 Å². The van der Waals surface area contributed by atoms with Crippen LogP contribution in [-0.4, -0.2) is 7.11 Å². The fourth-order valence-electron chi connectivity index (χ4n) is 4.90. The van der Waals surface area contributed by atoms with Gasteiger partial charge in [-0.2, -0.15) is 0 Å². The molecule has 0 amide bonds. The molecule has 2 aliphatic rings. The van der Waals surface area contributed by atoms with E-state index in [1.165, 1.54) is 63.4 Å². The van der Waals surface area contributed by atoms with E-state index in [1.807, 2.05) is 18.4 Å². The van der Waals surface area contributed by atoms with Gasteiger partial charge in [0, 0.05) is 5.02 Å². The highest BCUT2D eigenvalue weighted by molar-refractivity contribution is 6.30. The van der Waals surface area contributed by atoms with Gasteiger partial charge in [0.15, 0.2) is 0 Å². The van der Waals surface area contributed by atoms with Gasteiger partial charge in [-0.15, -0.1) is 0 Å². The van der Waals surface area contributed by atoms with Crippen molar-refractivity contribution in [2.75, 3.05) is 7.11 Å². The molecule has 0 spiro atoms. The third-order valence-electron chi connectivity index (χ3n) is 6.37. The number of allylic oxidation sites excluding steroid dienone is 1. The average Bonchev–Trinajstić information content (AvgIpc) is 2.63. The molecule has 0 aliphatic heterocycles. The molecular formula is C22H31ClO. The SMILES string of the molecule is COC=CCC1CCC(C2CCC(c3ccc(Cl)cc3)CC2)CC1. The summed E-state index contributed by atoms with van der Waals surface area (Å²) >= 11 is 6.02. The molecule has 2 heteroatoms. The van der Waals surface area contributed by atoms with E-state index >= 15 is 0 Å². The Balaban J connectivity index is 1.42. The third-order valence-corrected chi connectivity index (χ3v) is 6.63. The van der Waals surface area contributed by atoms with Crippen molar-refractivity contribution in [1.82, 2.24) is 0 Å². The summed E-state index contributed by atoms with van der Waals surface area (Å²) in [6, 6.07) is 8.54. The molecule has 0 heterocycles. The van der Waals surface area contributed by atoms with Gasteiger partial charge in [-0.05, 0) is 105 Å². The summed E-state index contributed by atoms with van der Waals surface area (Å²) in [4.78, 5) is 0. The van der Waals surface area contributed by atoms with Gasteiger partial charge in [-0.3, -0.25) is 0 Å². The highest BCUT2D eigenvalue weighted by Crippen LogP contribution is 2.44. The summed E-state index contributed by atoms with van der Waals surface area (Å²) in [6.07, 6.45) is 16.5. The second-order valence-electron chi connectivity index (χ2n) is 7.79. The van der Waals surface area contributed by atoms with E-state index in [2.05, 4.69) is 18.2 Å². The number of rotatable bonds is 5. The molecule has 0 unspecified atom stereocenters. The first kappa shape index (κ1) is 17.9. The lowest BCUT2D eigenvalue weighted by Crippen LogP contribution is -2.25. The third kappa shape index (κ3) is 4.79. The first-order chi connectivity index (χ1) is 11.8. The van der Waals surface area contributed by atoms with Gasteiger partial charge in [0.05, 0.1) is 13.4 Å². The van der Waals surface area contributed by atoms with Gasteiger partial charge in [0.25, 0.3) is 0 Å². The van der Waals surface area contributed by atoms with E-state index in [4.69, 9.17) is 16.3 Å². The highest BCUT2D eigenvalue weighted by Gasteiger charge is 2.30. The molecule has 24 heavy (non-hydrogen) atoms. The van der Waals surface area contributed by atoms with Crippen molar-refractivity contribution in [3.63, 3.8) is 0 Å². The van der Waals surface area contributed by atoms with Crippen LogP contribution < -0.4 is 0 Å². The zero-order chi connectivity index (χ0) is 16.8. The van der Waals surface area contributed by atoms with Crippen LogP contribution in [0.5, 0.6) is 0 Å². The Morgan fingerprint density at radius 3 is 2.08 bits per heavy atom. The monoisotopic (exact) mass is 346 g/mol. The van der Waals surface area contributed by atoms with Crippen molar-refractivity contribution in [2.45, 2.75) is 63.7 Å². The number of hydrogen-bond acceptors (Lipinski definition) is 1. The summed E-state index contributed by atoms with van der Waals surface area (Å²) in [7, 11) is 1.73. The average molecular weight is 347 g/mol. The molecule has 0 saturated heterocycles. The van der Waals surface area contributed by atoms with Crippen LogP contribution in [0.1, 0.15) is 69.3 Å². The second-order valence-corrected chi connectivity index (χ2v) is 8.22. The smallest absolute Gasteiger partial charge is 0.0784 e. The van der Waals surface area contributed by atoms with E-state index < -0.39 is 0 Å². The van der Waals surface area contributed by atoms with Crippen molar-refractivity contribution in [3.8, 4) is 0 Å². The highest BCUT2D eigenvalue weighted by atomic mass is 35.5. The van der Waals surface area contributed by atoms with Gasteiger partial charge in [0.2, 0.25) is 0 Å². The van der Waals surface area contributed by atoms with Crippen molar-refractivity contribution >= 4 is 11.6 Å². The van der Waals surface area contributed by atoms with Gasteiger partial charge >= 0.3 is 0 Å². The molecule has 3 rings (SSSR count). The molecule has 1 aromatic rings. The summed E-state index contributed by atoms with van der Waals surface area (Å²) in [5.74, 6) is 3.61. The van der Waals surface area contributed by atoms with Crippen molar-refractivity contribution in [3.05, 3.63) is 47.2 Å².